The molecule has 9 aromatic carbocycles. The molecular formula is C65H47N3. The summed E-state index contributed by atoms with van der Waals surface area (Å²) in [7, 11) is 0. The Bertz CT molecular complexity index is 3920. The number of fused-ring (bicyclic) bond motifs is 12. The lowest BCUT2D eigenvalue weighted by atomic mass is 9.43. The largest absolute Gasteiger partial charge is 0.277 e. The molecule has 0 saturated heterocycles. The molecule has 0 amide bonds. The van der Waals surface area contributed by atoms with Crippen molar-refractivity contribution in [1.82, 2.24) is 14.5 Å². The normalized spacial score (nSPS) is 22.6. The predicted molar refractivity (Wildman–Crippen MR) is 278 cm³/mol. The lowest BCUT2D eigenvalue weighted by molar-refractivity contribution is -0.0399. The Hall–Kier alpha value is -7.62. The zero-order valence-corrected chi connectivity index (χ0v) is 37.7. The third-order valence-electron chi connectivity index (χ3n) is 17.7. The van der Waals surface area contributed by atoms with Gasteiger partial charge in [0.2, 0.25) is 5.95 Å². The van der Waals surface area contributed by atoms with Crippen LogP contribution < -0.4 is 0 Å². The van der Waals surface area contributed by atoms with Crippen molar-refractivity contribution in [2.45, 2.75) is 43.4 Å². The fourth-order valence-electron chi connectivity index (χ4n) is 15.2. The summed E-state index contributed by atoms with van der Waals surface area (Å²) in [6.45, 7) is 0. The van der Waals surface area contributed by atoms with Gasteiger partial charge in [0.25, 0.3) is 0 Å². The highest BCUT2D eigenvalue weighted by Gasteiger charge is 2.61. The van der Waals surface area contributed by atoms with Crippen molar-refractivity contribution in [3.63, 3.8) is 0 Å². The van der Waals surface area contributed by atoms with Gasteiger partial charge in [-0.2, -0.15) is 0 Å². The van der Waals surface area contributed by atoms with E-state index in [1.165, 1.54) is 104 Å². The van der Waals surface area contributed by atoms with Crippen LogP contribution in [0.5, 0.6) is 0 Å². The maximum Gasteiger partial charge on any atom is 0.235 e. The third-order valence-corrected chi connectivity index (χ3v) is 17.7. The van der Waals surface area contributed by atoms with E-state index >= 15 is 0 Å². The number of hydrogen-bond donors (Lipinski definition) is 0. The summed E-state index contributed by atoms with van der Waals surface area (Å²) in [6.07, 6.45) is 7.05. The molecule has 2 heterocycles. The molecule has 6 aliphatic carbocycles. The molecule has 4 fully saturated rings. The molecule has 4 bridgehead atoms. The van der Waals surface area contributed by atoms with Crippen molar-refractivity contribution in [3.05, 3.63) is 222 Å². The summed E-state index contributed by atoms with van der Waals surface area (Å²) in [5, 5.41) is 5.84. The van der Waals surface area contributed by atoms with Gasteiger partial charge >= 0.3 is 0 Å². The number of rotatable bonds is 4. The smallest absolute Gasteiger partial charge is 0.235 e. The van der Waals surface area contributed by atoms with Crippen LogP contribution in [-0.2, 0) is 5.41 Å². The van der Waals surface area contributed by atoms with Gasteiger partial charge in [0.05, 0.1) is 22.2 Å². The maximum absolute atomic E-state index is 5.69. The topological polar surface area (TPSA) is 30.7 Å². The third kappa shape index (κ3) is 4.98. The quantitative estimate of drug-likeness (QED) is 0.176. The number of hydrogen-bond acceptors (Lipinski definition) is 2. The molecule has 4 saturated carbocycles. The first-order valence-corrected chi connectivity index (χ1v) is 24.9. The maximum atomic E-state index is 5.69. The van der Waals surface area contributed by atoms with Crippen LogP contribution in [0.25, 0.3) is 94.1 Å². The monoisotopic (exact) mass is 869 g/mol. The second-order valence-corrected chi connectivity index (χ2v) is 20.9. The molecule has 6 aliphatic rings. The highest BCUT2D eigenvalue weighted by Crippen LogP contribution is 2.69. The molecule has 68 heavy (non-hydrogen) atoms. The Labute approximate surface area is 395 Å². The Morgan fingerprint density at radius 2 is 1.07 bits per heavy atom. The van der Waals surface area contributed by atoms with Gasteiger partial charge in [-0.15, -0.1) is 0 Å². The van der Waals surface area contributed by atoms with E-state index < -0.39 is 0 Å². The summed E-state index contributed by atoms with van der Waals surface area (Å²) in [4.78, 5) is 11.2. The average Bonchev–Trinajstić information content (AvgIpc) is 4.01. The van der Waals surface area contributed by atoms with E-state index in [-0.39, 0.29) is 11.3 Å². The van der Waals surface area contributed by atoms with E-state index in [1.54, 1.807) is 11.1 Å². The molecule has 1 spiro atoms. The Kier molecular flexibility index (Phi) is 7.57. The van der Waals surface area contributed by atoms with Gasteiger partial charge in [-0.3, -0.25) is 4.57 Å². The van der Waals surface area contributed by atoms with E-state index in [2.05, 4.69) is 199 Å². The average molecular weight is 870 g/mol. The molecule has 3 heteroatoms. The minimum atomic E-state index is 0.159. The highest BCUT2D eigenvalue weighted by molar-refractivity contribution is 6.19. The Morgan fingerprint density at radius 1 is 0.426 bits per heavy atom. The Balaban J connectivity index is 0.902. The predicted octanol–water partition coefficient (Wildman–Crippen LogP) is 16.1. The summed E-state index contributed by atoms with van der Waals surface area (Å²) in [5.41, 5.74) is 20.5. The number of benzene rings is 9. The van der Waals surface area contributed by atoms with E-state index in [0.29, 0.717) is 5.95 Å². The van der Waals surface area contributed by atoms with Gasteiger partial charge in [-0.1, -0.05) is 170 Å². The standard InChI is InChI=1S/C65H47N3/c1-2-13-41(14-3-1)61-51-18-7-6-16-48(51)55-36-44(24-27-52(55)61)62-54-19-9-11-21-59(54)66-64(67-62)68-60-37-43(23-26-50(60)53-28-22-40-12-4-5-15-47(40)63(53)68)42-25-29-58-56(35-42)49-17-8-10-20-57(49)65(58)45-31-38-30-39(33-45)34-46(65)32-38/h1-29,35-39,45-46,61H,30-34H2. The fourth-order valence-corrected chi connectivity index (χ4v) is 15.2. The summed E-state index contributed by atoms with van der Waals surface area (Å²) in [6, 6.07) is 72.9. The van der Waals surface area contributed by atoms with Gasteiger partial charge in [0, 0.05) is 38.4 Å². The first kappa shape index (κ1) is 37.5. The van der Waals surface area contributed by atoms with Gasteiger partial charge in [0.15, 0.2) is 0 Å². The number of aromatic nitrogens is 3. The molecule has 2 aromatic heterocycles. The fraction of sp³-hybridized carbons (Fsp3) is 0.169. The first-order chi connectivity index (χ1) is 33.7. The van der Waals surface area contributed by atoms with Crippen molar-refractivity contribution < 1.29 is 0 Å². The zero-order valence-electron chi connectivity index (χ0n) is 37.7. The van der Waals surface area contributed by atoms with Crippen LogP contribution in [0.2, 0.25) is 0 Å². The van der Waals surface area contributed by atoms with Crippen LogP contribution in [0.4, 0.5) is 0 Å². The molecule has 1 unspecified atom stereocenters. The second kappa shape index (κ2) is 13.7. The molecule has 3 nitrogen and oxygen atoms in total. The van der Waals surface area contributed by atoms with Crippen LogP contribution in [0, 0.1) is 23.7 Å². The van der Waals surface area contributed by atoms with E-state index in [4.69, 9.17) is 9.97 Å². The van der Waals surface area contributed by atoms with E-state index in [1.807, 2.05) is 0 Å². The van der Waals surface area contributed by atoms with Crippen molar-refractivity contribution >= 4 is 43.5 Å². The second-order valence-electron chi connectivity index (χ2n) is 20.9. The Morgan fingerprint density at radius 3 is 1.94 bits per heavy atom. The van der Waals surface area contributed by atoms with Crippen LogP contribution in [-0.4, -0.2) is 14.5 Å². The van der Waals surface area contributed by atoms with Crippen molar-refractivity contribution in [3.8, 4) is 50.6 Å². The van der Waals surface area contributed by atoms with Crippen LogP contribution in [0.3, 0.4) is 0 Å². The summed E-state index contributed by atoms with van der Waals surface area (Å²) >= 11 is 0. The molecule has 17 rings (SSSR count). The molecule has 0 N–H and O–H groups in total. The van der Waals surface area contributed by atoms with Crippen molar-refractivity contribution in [2.75, 3.05) is 0 Å². The van der Waals surface area contributed by atoms with Crippen LogP contribution in [0.1, 0.15) is 65.8 Å². The lowest BCUT2D eigenvalue weighted by Crippen LogP contribution is -2.55. The number of para-hydroxylation sites is 1. The van der Waals surface area contributed by atoms with Gasteiger partial charge in [-0.25, -0.2) is 9.97 Å². The molecule has 11 aromatic rings. The molecule has 0 aliphatic heterocycles. The number of nitrogens with zero attached hydrogens (tertiary/aromatic N) is 3. The minimum Gasteiger partial charge on any atom is -0.277 e. The molecule has 322 valence electrons. The highest BCUT2D eigenvalue weighted by atomic mass is 15.2. The molecule has 0 radical (unpaired) electrons. The lowest BCUT2D eigenvalue weighted by Gasteiger charge is -2.61. The first-order valence-electron chi connectivity index (χ1n) is 24.9. The van der Waals surface area contributed by atoms with Gasteiger partial charge in [-0.05, 0) is 147 Å². The van der Waals surface area contributed by atoms with Crippen molar-refractivity contribution in [2.24, 2.45) is 23.7 Å². The summed E-state index contributed by atoms with van der Waals surface area (Å²) in [5.74, 6) is 4.22. The van der Waals surface area contributed by atoms with Gasteiger partial charge in [0.1, 0.15) is 0 Å². The van der Waals surface area contributed by atoms with Crippen LogP contribution >= 0.6 is 0 Å². The van der Waals surface area contributed by atoms with Crippen LogP contribution in [0.15, 0.2) is 194 Å². The molecular weight excluding hydrogens is 823 g/mol. The van der Waals surface area contributed by atoms with E-state index in [9.17, 15) is 0 Å². The molecule has 1 atom stereocenters. The van der Waals surface area contributed by atoms with E-state index in [0.717, 1.165) is 56.9 Å². The summed E-state index contributed by atoms with van der Waals surface area (Å²) < 4.78 is 2.37. The SMILES string of the molecule is c1ccc(C2c3ccccc3-c3cc(-c4nc(-n5c6cc(-c7ccc8c(c7)-c7ccccc7C87C8CC9CC(C8)CC7C9)ccc6c6ccc7ccccc7c65)nc5ccccc45)ccc32)cc1. The zero-order chi connectivity index (χ0) is 44.2. The van der Waals surface area contributed by atoms with Crippen molar-refractivity contribution in [1.29, 1.82) is 0 Å². The minimum absolute atomic E-state index is 0.159. The van der Waals surface area contributed by atoms with Gasteiger partial charge < -0.3 is 0 Å².